The molecule has 1 N–H and O–H groups in total. The van der Waals surface area contributed by atoms with Crippen LogP contribution in [-0.2, 0) is 26.1 Å². The predicted octanol–water partition coefficient (Wildman–Crippen LogP) is 4.63. The number of alkyl halides is 2. The van der Waals surface area contributed by atoms with Crippen molar-refractivity contribution in [3.63, 3.8) is 0 Å². The maximum Gasteiger partial charge on any atom is 0.321 e. The molecule has 0 bridgehead atoms. The van der Waals surface area contributed by atoms with Crippen LogP contribution in [-0.4, -0.2) is 43.3 Å². The lowest BCUT2D eigenvalue weighted by molar-refractivity contribution is -0.122. The minimum Gasteiger partial charge on any atom is -0.344 e. The molecule has 38 heavy (non-hydrogen) atoms. The number of fused-ring (bicyclic) bond motifs is 1. The van der Waals surface area contributed by atoms with Gasteiger partial charge in [-0.05, 0) is 37.8 Å². The fourth-order valence-electron chi connectivity index (χ4n) is 5.37. The number of nitrogens with one attached hydrogen (secondary N) is 1. The van der Waals surface area contributed by atoms with E-state index in [4.69, 9.17) is 0 Å². The fourth-order valence-corrected chi connectivity index (χ4v) is 11.3. The molecule has 2 aliphatic heterocycles. The van der Waals surface area contributed by atoms with Crippen LogP contribution in [0.5, 0.6) is 0 Å². The molecule has 1 saturated carbocycles. The molecule has 196 valence electrons. The van der Waals surface area contributed by atoms with Crippen LogP contribution in [0, 0.1) is 18.3 Å². The van der Waals surface area contributed by atoms with Crippen LogP contribution in [0.4, 0.5) is 14.6 Å². The summed E-state index contributed by atoms with van der Waals surface area (Å²) in [4.78, 5) is 15.6. The Hall–Kier alpha value is -3.28. The van der Waals surface area contributed by atoms with E-state index in [0.29, 0.717) is 25.2 Å². The van der Waals surface area contributed by atoms with Crippen LogP contribution >= 0.6 is 7.36 Å². The van der Waals surface area contributed by atoms with Gasteiger partial charge in [0.1, 0.15) is 17.4 Å². The molecular weight excluding hydrogens is 527 g/mol. The Morgan fingerprint density at radius 2 is 1.92 bits per heavy atom. The predicted molar refractivity (Wildman–Crippen MR) is 141 cm³/mol. The van der Waals surface area contributed by atoms with Crippen LogP contribution in [0.15, 0.2) is 65.6 Å². The van der Waals surface area contributed by atoms with Gasteiger partial charge in [-0.2, -0.15) is 19.1 Å². The Balaban J connectivity index is 1.40. The van der Waals surface area contributed by atoms with Crippen LogP contribution in [0.1, 0.15) is 36.1 Å². The van der Waals surface area contributed by atoms with Crippen molar-refractivity contribution >= 4 is 28.2 Å². The number of carbonyl (C=O) groups is 1. The highest BCUT2D eigenvalue weighted by atomic mass is 32.5. The van der Waals surface area contributed by atoms with Crippen molar-refractivity contribution in [1.29, 1.82) is 5.26 Å². The van der Waals surface area contributed by atoms with Gasteiger partial charge in [-0.25, -0.2) is 4.68 Å². The highest BCUT2D eigenvalue weighted by molar-refractivity contribution is 8.26. The summed E-state index contributed by atoms with van der Waals surface area (Å²) in [6, 6.07) is 19.1. The summed E-state index contributed by atoms with van der Waals surface area (Å²) in [6.45, 7) is 2.47. The summed E-state index contributed by atoms with van der Waals surface area (Å²) in [5.74, 6) is 0.308. The maximum atomic E-state index is 15.0. The van der Waals surface area contributed by atoms with Gasteiger partial charge in [0.15, 0.2) is 0 Å². The van der Waals surface area contributed by atoms with Crippen LogP contribution in [0.3, 0.4) is 0 Å². The standard InChI is InChI=1S/C27H26F2N5O2PS/c1-18-13-24(34(32-18)15-19-7-3-2-4-8-19)33-16-20(14-22(33)25(35)31-26(17-30)11-12-26)38(36)23-10-6-5-9-21(23)27(28,29)37-38/h2-10,13,20,22H,11-12,14-16H2,1H3,(H,31,35)/t20-,22+,38?/m1/s1. The van der Waals surface area contributed by atoms with Gasteiger partial charge in [-0.1, -0.05) is 48.5 Å². The number of aryl methyl sites for hydroxylation is 1. The Morgan fingerprint density at radius 3 is 2.63 bits per heavy atom. The molecule has 7 nitrogen and oxygen atoms in total. The number of nitrogens with zero attached hydrogens (tertiary/aromatic N) is 4. The van der Waals surface area contributed by atoms with Gasteiger partial charge in [0.05, 0.1) is 23.6 Å². The molecule has 1 aromatic heterocycles. The molecule has 0 radical (unpaired) electrons. The number of nitriles is 1. The monoisotopic (exact) mass is 553 g/mol. The van der Waals surface area contributed by atoms with Crippen LogP contribution in [0.2, 0.25) is 0 Å². The largest absolute Gasteiger partial charge is 0.344 e. The number of hydrogen-bond donors (Lipinski definition) is 1. The van der Waals surface area contributed by atoms with E-state index in [1.54, 1.807) is 10.7 Å². The first-order valence-electron chi connectivity index (χ1n) is 12.5. The molecule has 3 aliphatic rings. The molecule has 6 rings (SSSR count). The Bertz CT molecular complexity index is 1590. The van der Waals surface area contributed by atoms with Crippen molar-refractivity contribution in [1.82, 2.24) is 15.1 Å². The van der Waals surface area contributed by atoms with Gasteiger partial charge in [-0.15, -0.1) is 0 Å². The third-order valence-corrected chi connectivity index (χ3v) is 13.4. The summed E-state index contributed by atoms with van der Waals surface area (Å²) in [5.41, 5.74) is -2.53. The van der Waals surface area contributed by atoms with E-state index < -0.39 is 39.0 Å². The van der Waals surface area contributed by atoms with E-state index in [1.165, 1.54) is 18.2 Å². The molecular formula is C27H26F2N5O2PS. The van der Waals surface area contributed by atoms with Gasteiger partial charge in [0, 0.05) is 39.5 Å². The molecule has 2 aromatic carbocycles. The molecule has 2 fully saturated rings. The smallest absolute Gasteiger partial charge is 0.321 e. The minimum absolute atomic E-state index is 0.138. The minimum atomic E-state index is -3.22. The van der Waals surface area contributed by atoms with Crippen molar-refractivity contribution in [3.8, 4) is 6.07 Å². The molecule has 11 heteroatoms. The number of halogens is 2. The van der Waals surface area contributed by atoms with Crippen LogP contribution < -0.4 is 10.2 Å². The van der Waals surface area contributed by atoms with Gasteiger partial charge < -0.3 is 10.2 Å². The molecule has 1 saturated heterocycles. The summed E-state index contributed by atoms with van der Waals surface area (Å²) in [6.07, 6.45) is 1.29. The highest BCUT2D eigenvalue weighted by Gasteiger charge is 2.52. The van der Waals surface area contributed by atoms with E-state index in [9.17, 15) is 14.3 Å². The molecule has 3 heterocycles. The normalized spacial score (nSPS) is 26.7. The second-order valence-corrected chi connectivity index (χ2v) is 15.4. The zero-order valence-electron chi connectivity index (χ0n) is 20.7. The highest BCUT2D eigenvalue weighted by Crippen LogP contribution is 2.55. The zero-order valence-corrected chi connectivity index (χ0v) is 22.4. The number of hydrogen-bond acceptors (Lipinski definition) is 5. The average molecular weight is 554 g/mol. The fraction of sp³-hybridized carbons (Fsp3) is 0.370. The number of aromatic nitrogens is 2. The number of carbonyl (C=O) groups excluding carboxylic acids is 1. The lowest BCUT2D eigenvalue weighted by atomic mass is 10.1. The quantitative estimate of drug-likeness (QED) is 0.450. The molecule has 3 atom stereocenters. The van der Waals surface area contributed by atoms with Crippen molar-refractivity contribution in [2.45, 2.75) is 60.1 Å². The van der Waals surface area contributed by atoms with Crippen molar-refractivity contribution in [2.24, 2.45) is 0 Å². The number of rotatable bonds is 6. The topological polar surface area (TPSA) is 91.0 Å². The second kappa shape index (κ2) is 8.89. The SMILES string of the molecule is Cc1cc(N2C[C@H](S3(=O)=PC(F)(F)c4ccccc43)C[C@H]2C(=O)NC2(C#N)CC2)n(Cc2ccccc2)n1. The van der Waals surface area contributed by atoms with Crippen molar-refractivity contribution in [2.75, 3.05) is 11.4 Å². The van der Waals surface area contributed by atoms with E-state index in [2.05, 4.69) is 16.5 Å². The van der Waals surface area contributed by atoms with E-state index in [1.807, 2.05) is 48.2 Å². The Morgan fingerprint density at radius 1 is 1.21 bits per heavy atom. The van der Waals surface area contributed by atoms with Gasteiger partial charge in [0.25, 0.3) is 0 Å². The number of anilines is 1. The molecule has 1 amide bonds. The van der Waals surface area contributed by atoms with Gasteiger partial charge in [0.2, 0.25) is 5.91 Å². The molecule has 1 unspecified atom stereocenters. The van der Waals surface area contributed by atoms with Crippen molar-refractivity contribution in [3.05, 3.63) is 77.5 Å². The Labute approximate surface area is 221 Å². The van der Waals surface area contributed by atoms with E-state index in [-0.39, 0.29) is 29.3 Å². The molecule has 1 aliphatic carbocycles. The van der Waals surface area contributed by atoms with E-state index in [0.717, 1.165) is 11.3 Å². The lowest BCUT2D eigenvalue weighted by Gasteiger charge is -2.27. The molecule has 3 aromatic rings. The zero-order chi connectivity index (χ0) is 26.7. The van der Waals surface area contributed by atoms with Gasteiger partial charge in [-0.3, -0.25) is 9.00 Å². The number of amides is 1. The Kier molecular flexibility index (Phi) is 5.85. The second-order valence-electron chi connectivity index (χ2n) is 10.2. The third-order valence-electron chi connectivity index (χ3n) is 7.47. The summed E-state index contributed by atoms with van der Waals surface area (Å²) >= 11 is 0. The third kappa shape index (κ3) is 4.18. The first kappa shape index (κ1) is 25.0. The first-order valence-corrected chi connectivity index (χ1v) is 15.6. The van der Waals surface area contributed by atoms with Crippen LogP contribution in [0.25, 0.3) is 0 Å². The lowest BCUT2D eigenvalue weighted by Crippen LogP contribution is -2.48. The first-order chi connectivity index (χ1) is 18.1. The molecule has 0 spiro atoms. The number of benzene rings is 2. The summed E-state index contributed by atoms with van der Waals surface area (Å²) in [7, 11) is -3.63. The summed E-state index contributed by atoms with van der Waals surface area (Å²) in [5, 5.41) is 16.4. The summed E-state index contributed by atoms with van der Waals surface area (Å²) < 4.78 is 46.2. The van der Waals surface area contributed by atoms with E-state index >= 15 is 8.78 Å². The van der Waals surface area contributed by atoms with Gasteiger partial charge >= 0.3 is 5.66 Å². The maximum absolute atomic E-state index is 15.0. The van der Waals surface area contributed by atoms with Crippen molar-refractivity contribution < 1.29 is 17.8 Å². The average Bonchev–Trinajstić information content (AvgIpc) is 3.25.